The Morgan fingerprint density at radius 3 is 2.38 bits per heavy atom. The molecule has 0 atom stereocenters. The third-order valence-corrected chi connectivity index (χ3v) is 3.58. The van der Waals surface area contributed by atoms with Gasteiger partial charge in [0.25, 0.3) is 0 Å². The molecule has 1 heterocycles. The van der Waals surface area contributed by atoms with E-state index in [2.05, 4.69) is 23.2 Å². The summed E-state index contributed by atoms with van der Waals surface area (Å²) in [4.78, 5) is 4.45. The van der Waals surface area contributed by atoms with Crippen LogP contribution in [0, 0.1) is 0 Å². The van der Waals surface area contributed by atoms with Gasteiger partial charge in [-0.3, -0.25) is 0 Å². The minimum absolute atomic E-state index is 0.658. The first kappa shape index (κ1) is 11.9. The number of rotatable bonds is 2. The molecule has 0 bridgehead atoms. The van der Waals surface area contributed by atoms with Crippen molar-refractivity contribution in [1.82, 2.24) is 4.98 Å². The lowest BCUT2D eigenvalue weighted by Crippen LogP contribution is -1.80. The number of fused-ring (bicyclic) bond motifs is 1. The van der Waals surface area contributed by atoms with E-state index in [4.69, 9.17) is 4.42 Å². The van der Waals surface area contributed by atoms with Crippen molar-refractivity contribution in [2.75, 3.05) is 0 Å². The van der Waals surface area contributed by atoms with Gasteiger partial charge >= 0.3 is 0 Å². The Kier molecular flexibility index (Phi) is 2.79. The van der Waals surface area contributed by atoms with Gasteiger partial charge < -0.3 is 4.42 Å². The summed E-state index contributed by atoms with van der Waals surface area (Å²) in [5, 5.41) is 2.34. The fourth-order valence-electron chi connectivity index (χ4n) is 2.55. The molecule has 0 radical (unpaired) electrons. The van der Waals surface area contributed by atoms with Crippen molar-refractivity contribution in [1.29, 1.82) is 0 Å². The molecule has 0 unspecified atom stereocenters. The largest absolute Gasteiger partial charge is 0.436 e. The monoisotopic (exact) mass is 271 g/mol. The molecule has 0 saturated carbocycles. The summed E-state index contributed by atoms with van der Waals surface area (Å²) in [5.74, 6) is 1.45. The van der Waals surface area contributed by atoms with E-state index < -0.39 is 0 Å². The van der Waals surface area contributed by atoms with E-state index in [0.29, 0.717) is 5.89 Å². The topological polar surface area (TPSA) is 26.0 Å². The minimum Gasteiger partial charge on any atom is -0.436 e. The summed E-state index contributed by atoms with van der Waals surface area (Å²) in [6.07, 6.45) is 1.78. The first-order valence-electron chi connectivity index (χ1n) is 6.91. The Morgan fingerprint density at radius 2 is 1.48 bits per heavy atom. The summed E-state index contributed by atoms with van der Waals surface area (Å²) in [6.45, 7) is 0. The summed E-state index contributed by atoms with van der Waals surface area (Å²) < 4.78 is 5.95. The van der Waals surface area contributed by atoms with E-state index in [-0.39, 0.29) is 0 Å². The molecular weight excluding hydrogens is 258 g/mol. The van der Waals surface area contributed by atoms with Crippen molar-refractivity contribution < 1.29 is 4.42 Å². The number of hydrogen-bond donors (Lipinski definition) is 0. The van der Waals surface area contributed by atoms with Crippen LogP contribution in [0.4, 0.5) is 0 Å². The van der Waals surface area contributed by atoms with Gasteiger partial charge in [-0.05, 0) is 16.8 Å². The Hall–Kier alpha value is -2.87. The maximum absolute atomic E-state index is 5.95. The standard InChI is InChI=1S/C19H13NO/c1-2-8-15(9-3-1)18-13-20-19(21-18)17-12-6-10-14-7-4-5-11-16(14)17/h1-13H. The molecule has 0 N–H and O–H groups in total. The quantitative estimate of drug-likeness (QED) is 0.503. The van der Waals surface area contributed by atoms with Crippen LogP contribution < -0.4 is 0 Å². The molecule has 100 valence electrons. The molecule has 2 nitrogen and oxygen atoms in total. The zero-order chi connectivity index (χ0) is 14.1. The Morgan fingerprint density at radius 1 is 0.714 bits per heavy atom. The average Bonchev–Trinajstić information content (AvgIpc) is 3.05. The maximum atomic E-state index is 5.95. The summed E-state index contributed by atoms with van der Waals surface area (Å²) >= 11 is 0. The van der Waals surface area contributed by atoms with E-state index >= 15 is 0 Å². The SMILES string of the molecule is c1ccc(-c2cnc(-c3cccc4ccccc34)o2)cc1. The Labute approximate surface area is 122 Å². The Balaban J connectivity index is 1.85. The average molecular weight is 271 g/mol. The zero-order valence-corrected chi connectivity index (χ0v) is 11.4. The van der Waals surface area contributed by atoms with Gasteiger partial charge in [0.1, 0.15) is 0 Å². The van der Waals surface area contributed by atoms with Gasteiger partial charge in [0.15, 0.2) is 5.76 Å². The highest BCUT2D eigenvalue weighted by Crippen LogP contribution is 2.30. The number of nitrogens with zero attached hydrogens (tertiary/aromatic N) is 1. The van der Waals surface area contributed by atoms with Gasteiger partial charge in [-0.2, -0.15) is 0 Å². The molecule has 0 amide bonds. The zero-order valence-electron chi connectivity index (χ0n) is 11.4. The van der Waals surface area contributed by atoms with Gasteiger partial charge in [-0.25, -0.2) is 4.98 Å². The van der Waals surface area contributed by atoms with Crippen molar-refractivity contribution in [2.45, 2.75) is 0 Å². The molecule has 3 aromatic carbocycles. The molecule has 21 heavy (non-hydrogen) atoms. The smallest absolute Gasteiger partial charge is 0.227 e. The lowest BCUT2D eigenvalue weighted by molar-refractivity contribution is 0.589. The second kappa shape index (κ2) is 4.91. The van der Waals surface area contributed by atoms with Gasteiger partial charge in [-0.15, -0.1) is 0 Å². The summed E-state index contributed by atoms with van der Waals surface area (Å²) in [6, 6.07) is 24.5. The van der Waals surface area contributed by atoms with Crippen molar-refractivity contribution in [3.63, 3.8) is 0 Å². The van der Waals surface area contributed by atoms with Crippen LogP contribution in [0.5, 0.6) is 0 Å². The van der Waals surface area contributed by atoms with E-state index in [1.54, 1.807) is 6.20 Å². The lowest BCUT2D eigenvalue weighted by atomic mass is 10.0. The van der Waals surface area contributed by atoms with Gasteiger partial charge in [0.2, 0.25) is 5.89 Å². The van der Waals surface area contributed by atoms with Crippen LogP contribution in [0.15, 0.2) is 83.4 Å². The summed E-state index contributed by atoms with van der Waals surface area (Å²) in [5.41, 5.74) is 2.06. The molecule has 0 aliphatic rings. The van der Waals surface area contributed by atoms with Crippen LogP contribution in [0.2, 0.25) is 0 Å². The molecule has 0 spiro atoms. The van der Waals surface area contributed by atoms with Crippen molar-refractivity contribution in [3.05, 3.63) is 79.0 Å². The van der Waals surface area contributed by atoms with Crippen molar-refractivity contribution in [2.24, 2.45) is 0 Å². The first-order chi connectivity index (χ1) is 10.4. The molecule has 4 rings (SSSR count). The molecule has 1 aromatic heterocycles. The second-order valence-corrected chi connectivity index (χ2v) is 4.92. The molecule has 0 saturated heterocycles. The van der Waals surface area contributed by atoms with E-state index in [1.165, 1.54) is 5.39 Å². The fourth-order valence-corrected chi connectivity index (χ4v) is 2.55. The number of hydrogen-bond acceptors (Lipinski definition) is 2. The number of aromatic nitrogens is 1. The maximum Gasteiger partial charge on any atom is 0.227 e. The van der Waals surface area contributed by atoms with E-state index in [0.717, 1.165) is 22.3 Å². The lowest BCUT2D eigenvalue weighted by Gasteiger charge is -2.02. The first-order valence-corrected chi connectivity index (χ1v) is 6.91. The molecule has 0 aliphatic carbocycles. The number of oxazole rings is 1. The highest BCUT2D eigenvalue weighted by atomic mass is 16.4. The van der Waals surface area contributed by atoms with Crippen LogP contribution in [0.25, 0.3) is 33.6 Å². The fraction of sp³-hybridized carbons (Fsp3) is 0. The predicted molar refractivity (Wildman–Crippen MR) is 84.9 cm³/mol. The highest BCUT2D eigenvalue weighted by molar-refractivity contribution is 5.94. The van der Waals surface area contributed by atoms with Crippen LogP contribution in [-0.2, 0) is 0 Å². The molecule has 0 fully saturated rings. The van der Waals surface area contributed by atoms with Crippen molar-refractivity contribution in [3.8, 4) is 22.8 Å². The molecule has 0 aliphatic heterocycles. The van der Waals surface area contributed by atoms with Gasteiger partial charge in [-0.1, -0.05) is 66.7 Å². The van der Waals surface area contributed by atoms with Crippen LogP contribution >= 0.6 is 0 Å². The Bertz CT molecular complexity index is 888. The predicted octanol–water partition coefficient (Wildman–Crippen LogP) is 5.16. The van der Waals surface area contributed by atoms with Crippen LogP contribution in [-0.4, -0.2) is 4.98 Å². The second-order valence-electron chi connectivity index (χ2n) is 4.92. The van der Waals surface area contributed by atoms with E-state index in [1.807, 2.05) is 54.6 Å². The number of benzene rings is 3. The molecule has 4 aromatic rings. The third kappa shape index (κ3) is 2.11. The molecular formula is C19H13NO. The highest BCUT2D eigenvalue weighted by Gasteiger charge is 2.10. The van der Waals surface area contributed by atoms with Gasteiger partial charge in [0.05, 0.1) is 6.20 Å². The molecule has 2 heteroatoms. The van der Waals surface area contributed by atoms with E-state index in [9.17, 15) is 0 Å². The summed E-state index contributed by atoms with van der Waals surface area (Å²) in [7, 11) is 0. The van der Waals surface area contributed by atoms with Crippen LogP contribution in [0.3, 0.4) is 0 Å². The van der Waals surface area contributed by atoms with Gasteiger partial charge in [0, 0.05) is 11.1 Å². The normalized spacial score (nSPS) is 10.9. The minimum atomic E-state index is 0.658. The van der Waals surface area contributed by atoms with Crippen molar-refractivity contribution >= 4 is 10.8 Å². The van der Waals surface area contributed by atoms with Crippen LogP contribution in [0.1, 0.15) is 0 Å². The third-order valence-electron chi connectivity index (χ3n) is 3.58.